The highest BCUT2D eigenvalue weighted by atomic mass is 32.2. The molecule has 0 aliphatic heterocycles. The molecule has 0 saturated carbocycles. The van der Waals surface area contributed by atoms with Gasteiger partial charge in [0, 0.05) is 23.3 Å². The molecule has 0 amide bonds. The first-order valence-electron chi connectivity index (χ1n) is 7.97. The van der Waals surface area contributed by atoms with E-state index >= 15 is 0 Å². The van der Waals surface area contributed by atoms with Gasteiger partial charge in [0.15, 0.2) is 0 Å². The van der Waals surface area contributed by atoms with Gasteiger partial charge in [-0.2, -0.15) is 5.26 Å². The Labute approximate surface area is 155 Å². The molecule has 5 nitrogen and oxygen atoms in total. The summed E-state index contributed by atoms with van der Waals surface area (Å²) >= 11 is 0. The van der Waals surface area contributed by atoms with Gasteiger partial charge in [0.2, 0.25) is 0 Å². The van der Waals surface area contributed by atoms with Gasteiger partial charge in [-0.15, -0.1) is 0 Å². The minimum Gasteiger partial charge on any atom is -0.262 e. The number of nitrogens with zero attached hydrogens (tertiary/aromatic N) is 3. The molecule has 0 fully saturated rings. The van der Waals surface area contributed by atoms with Gasteiger partial charge in [0.25, 0.3) is 10.0 Å². The van der Waals surface area contributed by atoms with Gasteiger partial charge in [0.1, 0.15) is 5.82 Å². The van der Waals surface area contributed by atoms with Crippen molar-refractivity contribution >= 4 is 20.9 Å². The fourth-order valence-corrected chi connectivity index (χ4v) is 4.30. The molecule has 7 heteroatoms. The fraction of sp³-hybridized carbons (Fsp3) is 0. The third-order valence-electron chi connectivity index (χ3n) is 4.26. The number of aromatic nitrogens is 2. The Kier molecular flexibility index (Phi) is 3.98. The third kappa shape index (κ3) is 2.86. The molecule has 4 rings (SSSR count). The molecule has 0 aliphatic carbocycles. The predicted octanol–water partition coefficient (Wildman–Crippen LogP) is 3.95. The van der Waals surface area contributed by atoms with E-state index in [9.17, 15) is 12.8 Å². The van der Waals surface area contributed by atoms with Gasteiger partial charge in [-0.05, 0) is 42.0 Å². The van der Waals surface area contributed by atoms with E-state index < -0.39 is 15.8 Å². The number of fused-ring (bicyclic) bond motifs is 1. The SMILES string of the molecule is N#Cc1ccc(-c2cncc3c2ccn3S(=O)(=O)c2cccc(F)c2)cc1. The van der Waals surface area contributed by atoms with Crippen LogP contribution in [0.4, 0.5) is 4.39 Å². The molecule has 0 radical (unpaired) electrons. The van der Waals surface area contributed by atoms with Crippen molar-refractivity contribution < 1.29 is 12.8 Å². The average Bonchev–Trinajstić information content (AvgIpc) is 3.13. The Hall–Kier alpha value is -3.50. The maximum absolute atomic E-state index is 13.5. The number of pyridine rings is 1. The van der Waals surface area contributed by atoms with Crippen molar-refractivity contribution in [3.63, 3.8) is 0 Å². The molecule has 0 unspecified atom stereocenters. The number of hydrogen-bond donors (Lipinski definition) is 0. The standard InChI is InChI=1S/C20H12FN3O2S/c21-16-2-1-3-17(10-16)27(25,26)24-9-8-18-19(12-23-13-20(18)24)15-6-4-14(11-22)5-7-15/h1-10,12-13H. The van der Waals surface area contributed by atoms with E-state index in [1.807, 2.05) is 0 Å². The quantitative estimate of drug-likeness (QED) is 0.542. The molecule has 0 aliphatic rings. The first kappa shape index (κ1) is 16.9. The monoisotopic (exact) mass is 377 g/mol. The number of hydrogen-bond acceptors (Lipinski definition) is 4. The topological polar surface area (TPSA) is 75.8 Å². The second-order valence-electron chi connectivity index (χ2n) is 5.88. The van der Waals surface area contributed by atoms with Gasteiger partial charge in [0.05, 0.1) is 28.2 Å². The minimum absolute atomic E-state index is 0.135. The van der Waals surface area contributed by atoms with Crippen molar-refractivity contribution in [2.24, 2.45) is 0 Å². The Bertz CT molecular complexity index is 1300. The summed E-state index contributed by atoms with van der Waals surface area (Å²) in [4.78, 5) is 4.03. The lowest BCUT2D eigenvalue weighted by molar-refractivity contribution is 0.584. The second-order valence-corrected chi connectivity index (χ2v) is 7.70. The molecule has 0 bridgehead atoms. The predicted molar refractivity (Wildman–Crippen MR) is 98.9 cm³/mol. The summed E-state index contributed by atoms with van der Waals surface area (Å²) in [7, 11) is -3.96. The highest BCUT2D eigenvalue weighted by molar-refractivity contribution is 7.90. The van der Waals surface area contributed by atoms with Crippen LogP contribution >= 0.6 is 0 Å². The lowest BCUT2D eigenvalue weighted by atomic mass is 10.0. The van der Waals surface area contributed by atoms with E-state index in [4.69, 9.17) is 5.26 Å². The van der Waals surface area contributed by atoms with Crippen molar-refractivity contribution in [1.82, 2.24) is 8.96 Å². The zero-order valence-electron chi connectivity index (χ0n) is 13.9. The zero-order chi connectivity index (χ0) is 19.0. The molecule has 2 aromatic heterocycles. The summed E-state index contributed by atoms with van der Waals surface area (Å²) in [5, 5.41) is 9.62. The Morgan fingerprint density at radius 3 is 2.52 bits per heavy atom. The maximum Gasteiger partial charge on any atom is 0.268 e. The number of halogens is 1. The summed E-state index contributed by atoms with van der Waals surface area (Å²) in [6, 6.07) is 15.6. The van der Waals surface area contributed by atoms with Crippen LogP contribution in [0, 0.1) is 17.1 Å². The molecule has 0 saturated heterocycles. The molecular formula is C20H12FN3O2S. The summed E-state index contributed by atoms with van der Waals surface area (Å²) in [6.07, 6.45) is 4.53. The third-order valence-corrected chi connectivity index (χ3v) is 5.94. The lowest BCUT2D eigenvalue weighted by Crippen LogP contribution is -2.12. The van der Waals surface area contributed by atoms with E-state index in [-0.39, 0.29) is 4.90 Å². The van der Waals surface area contributed by atoms with Crippen LogP contribution in [0.3, 0.4) is 0 Å². The second kappa shape index (κ2) is 6.34. The van der Waals surface area contributed by atoms with Crippen molar-refractivity contribution in [3.8, 4) is 17.2 Å². The van der Waals surface area contributed by atoms with E-state index in [0.29, 0.717) is 16.5 Å². The fourth-order valence-electron chi connectivity index (χ4n) is 2.94. The number of nitriles is 1. The minimum atomic E-state index is -3.96. The van der Waals surface area contributed by atoms with Crippen LogP contribution in [0.25, 0.3) is 22.0 Å². The summed E-state index contributed by atoms with van der Waals surface area (Å²) < 4.78 is 40.4. The van der Waals surface area contributed by atoms with E-state index in [2.05, 4.69) is 11.1 Å². The molecule has 132 valence electrons. The average molecular weight is 377 g/mol. The highest BCUT2D eigenvalue weighted by Gasteiger charge is 2.20. The largest absolute Gasteiger partial charge is 0.268 e. The van der Waals surface area contributed by atoms with E-state index in [1.54, 1.807) is 36.5 Å². The molecule has 0 atom stereocenters. The van der Waals surface area contributed by atoms with E-state index in [1.165, 1.54) is 30.6 Å². The van der Waals surface area contributed by atoms with Crippen molar-refractivity contribution in [2.75, 3.05) is 0 Å². The Morgan fingerprint density at radius 1 is 1.04 bits per heavy atom. The molecule has 2 heterocycles. The van der Waals surface area contributed by atoms with Crippen LogP contribution in [-0.4, -0.2) is 17.4 Å². The summed E-state index contributed by atoms with van der Waals surface area (Å²) in [5.74, 6) is -0.621. The van der Waals surface area contributed by atoms with Crippen LogP contribution in [0.2, 0.25) is 0 Å². The summed E-state index contributed by atoms with van der Waals surface area (Å²) in [6.45, 7) is 0. The smallest absolute Gasteiger partial charge is 0.262 e. The van der Waals surface area contributed by atoms with Crippen LogP contribution in [0.15, 0.2) is 78.1 Å². The van der Waals surface area contributed by atoms with Gasteiger partial charge >= 0.3 is 0 Å². The molecule has 0 spiro atoms. The molecule has 4 aromatic rings. The van der Waals surface area contributed by atoms with Crippen LogP contribution in [0.1, 0.15) is 5.56 Å². The highest BCUT2D eigenvalue weighted by Crippen LogP contribution is 2.30. The number of rotatable bonds is 3. The molecular weight excluding hydrogens is 365 g/mol. The first-order chi connectivity index (χ1) is 13.0. The number of benzene rings is 2. The first-order valence-corrected chi connectivity index (χ1v) is 9.41. The van der Waals surface area contributed by atoms with E-state index in [0.717, 1.165) is 21.2 Å². The van der Waals surface area contributed by atoms with Crippen LogP contribution in [0.5, 0.6) is 0 Å². The lowest BCUT2D eigenvalue weighted by Gasteiger charge is -2.09. The van der Waals surface area contributed by atoms with Crippen molar-refractivity contribution in [1.29, 1.82) is 5.26 Å². The van der Waals surface area contributed by atoms with Gasteiger partial charge in [-0.25, -0.2) is 16.8 Å². The van der Waals surface area contributed by atoms with Crippen molar-refractivity contribution in [3.05, 3.63) is 84.6 Å². The summed E-state index contributed by atoms with van der Waals surface area (Å²) in [5.41, 5.74) is 2.48. The van der Waals surface area contributed by atoms with Gasteiger partial charge < -0.3 is 0 Å². The van der Waals surface area contributed by atoms with Crippen LogP contribution < -0.4 is 0 Å². The van der Waals surface area contributed by atoms with Gasteiger partial charge in [-0.1, -0.05) is 18.2 Å². The molecule has 2 aromatic carbocycles. The zero-order valence-corrected chi connectivity index (χ0v) is 14.7. The normalized spacial score (nSPS) is 11.4. The van der Waals surface area contributed by atoms with Gasteiger partial charge in [-0.3, -0.25) is 4.98 Å². The van der Waals surface area contributed by atoms with Crippen molar-refractivity contribution in [2.45, 2.75) is 4.90 Å². The Morgan fingerprint density at radius 2 is 1.81 bits per heavy atom. The molecule has 27 heavy (non-hydrogen) atoms. The Balaban J connectivity index is 1.89. The molecule has 0 N–H and O–H groups in total. The van der Waals surface area contributed by atoms with Crippen LogP contribution in [-0.2, 0) is 10.0 Å². The maximum atomic E-state index is 13.5.